The van der Waals surface area contributed by atoms with Crippen LogP contribution in [0.15, 0.2) is 140 Å². The van der Waals surface area contributed by atoms with Gasteiger partial charge >= 0.3 is 0 Å². The molecule has 0 bridgehead atoms. The van der Waals surface area contributed by atoms with Crippen LogP contribution in [0, 0.1) is 0 Å². The van der Waals surface area contributed by atoms with Crippen molar-refractivity contribution in [2.24, 2.45) is 0 Å². The van der Waals surface area contributed by atoms with Crippen molar-refractivity contribution < 1.29 is 0 Å². The largest absolute Gasteiger partial charge is 0.236 e. The Balaban J connectivity index is 1.33. The van der Waals surface area contributed by atoms with Crippen LogP contribution < -0.4 is 0 Å². The summed E-state index contributed by atoms with van der Waals surface area (Å²) in [4.78, 5) is 5.27. The Labute approximate surface area is 282 Å². The van der Waals surface area contributed by atoms with Gasteiger partial charge in [-0.25, -0.2) is 4.98 Å². The molecule has 0 aliphatic heterocycles. The van der Waals surface area contributed by atoms with E-state index in [1.165, 1.54) is 98.2 Å². The lowest BCUT2D eigenvalue weighted by Crippen LogP contribution is -2.14. The summed E-state index contributed by atoms with van der Waals surface area (Å²) in [6.45, 7) is 4.77. The van der Waals surface area contributed by atoms with Crippen LogP contribution >= 0.6 is 11.3 Å². The number of thiazole rings is 1. The molecule has 0 radical (unpaired) electrons. The minimum atomic E-state index is -0.108. The minimum absolute atomic E-state index is 0.108. The minimum Gasteiger partial charge on any atom is -0.236 e. The maximum Gasteiger partial charge on any atom is 0.125 e. The van der Waals surface area contributed by atoms with Gasteiger partial charge in [0.1, 0.15) is 5.01 Å². The second-order valence-electron chi connectivity index (χ2n) is 13.8. The van der Waals surface area contributed by atoms with E-state index in [9.17, 15) is 0 Å². The summed E-state index contributed by atoms with van der Waals surface area (Å²) in [5.41, 5.74) is 15.5. The van der Waals surface area contributed by atoms with E-state index in [4.69, 9.17) is 4.98 Å². The monoisotopic (exact) mass is 627 g/mol. The summed E-state index contributed by atoms with van der Waals surface area (Å²) in [7, 11) is 0. The van der Waals surface area contributed by atoms with E-state index >= 15 is 0 Å². The van der Waals surface area contributed by atoms with E-state index in [2.05, 4.69) is 153 Å². The van der Waals surface area contributed by atoms with Crippen LogP contribution in [-0.4, -0.2) is 4.98 Å². The number of fused-ring (bicyclic) bond motifs is 9. The summed E-state index contributed by atoms with van der Waals surface area (Å²) < 4.78 is 1.22. The molecular weight excluding hydrogens is 599 g/mol. The molecule has 0 spiro atoms. The zero-order chi connectivity index (χ0) is 31.7. The Bertz CT molecular complexity index is 2810. The van der Waals surface area contributed by atoms with Crippen molar-refractivity contribution in [3.05, 3.63) is 151 Å². The highest BCUT2D eigenvalue weighted by molar-refractivity contribution is 7.21. The van der Waals surface area contributed by atoms with Gasteiger partial charge in [-0.2, -0.15) is 0 Å². The van der Waals surface area contributed by atoms with Crippen molar-refractivity contribution >= 4 is 53.9 Å². The van der Waals surface area contributed by atoms with Crippen LogP contribution in [0.25, 0.3) is 97.6 Å². The van der Waals surface area contributed by atoms with E-state index < -0.39 is 0 Å². The Morgan fingerprint density at radius 3 is 1.85 bits per heavy atom. The maximum absolute atomic E-state index is 5.27. The average Bonchev–Trinajstić information content (AvgIpc) is 3.77. The van der Waals surface area contributed by atoms with E-state index in [1.807, 2.05) is 0 Å². The molecule has 1 heterocycles. The highest BCUT2D eigenvalue weighted by atomic mass is 32.1. The van der Waals surface area contributed by atoms with E-state index in [-0.39, 0.29) is 5.41 Å². The highest BCUT2D eigenvalue weighted by Gasteiger charge is 2.36. The Kier molecular flexibility index (Phi) is 5.12. The molecule has 9 aromatic rings. The van der Waals surface area contributed by atoms with Crippen molar-refractivity contribution in [3.8, 4) is 55.1 Å². The van der Waals surface area contributed by atoms with Gasteiger partial charge in [0.2, 0.25) is 0 Å². The van der Waals surface area contributed by atoms with Gasteiger partial charge in [-0.1, -0.05) is 129 Å². The molecule has 2 aliphatic carbocycles. The second kappa shape index (κ2) is 9.28. The van der Waals surface area contributed by atoms with Crippen LogP contribution in [0.4, 0.5) is 0 Å². The molecule has 0 atom stereocenters. The van der Waals surface area contributed by atoms with Crippen molar-refractivity contribution in [1.82, 2.24) is 4.98 Å². The number of hydrogen-bond donors (Lipinski definition) is 0. The smallest absolute Gasteiger partial charge is 0.125 e. The predicted molar refractivity (Wildman–Crippen MR) is 205 cm³/mol. The molecule has 48 heavy (non-hydrogen) atoms. The quantitative estimate of drug-likeness (QED) is 0.174. The molecule has 1 aromatic heterocycles. The zero-order valence-electron chi connectivity index (χ0n) is 26.6. The number of hydrogen-bond acceptors (Lipinski definition) is 2. The van der Waals surface area contributed by atoms with Gasteiger partial charge in [0.25, 0.3) is 0 Å². The van der Waals surface area contributed by atoms with E-state index in [0.29, 0.717) is 0 Å². The van der Waals surface area contributed by atoms with Crippen molar-refractivity contribution in [1.29, 1.82) is 0 Å². The topological polar surface area (TPSA) is 12.9 Å². The third-order valence-corrected chi connectivity index (χ3v) is 12.1. The van der Waals surface area contributed by atoms with Crippen LogP contribution in [0.1, 0.15) is 25.0 Å². The van der Waals surface area contributed by atoms with Crippen LogP contribution in [0.3, 0.4) is 0 Å². The SMILES string of the molecule is CC1(C)c2ccccc2-c2cc3c(-c4nc5ccccc5s4)c4ccccc4c(-c4ccc5c6c(cccc46)-c4ccccc4-5)c3cc21. The first kappa shape index (κ1) is 26.5. The molecule has 11 rings (SSSR count). The molecule has 2 heteroatoms. The molecule has 1 nitrogen and oxygen atoms in total. The van der Waals surface area contributed by atoms with Gasteiger partial charge < -0.3 is 0 Å². The van der Waals surface area contributed by atoms with Gasteiger partial charge in [-0.15, -0.1) is 11.3 Å². The Morgan fingerprint density at radius 2 is 1.04 bits per heavy atom. The first-order valence-electron chi connectivity index (χ1n) is 16.7. The van der Waals surface area contributed by atoms with Crippen molar-refractivity contribution in [2.75, 3.05) is 0 Å². The van der Waals surface area contributed by atoms with Gasteiger partial charge in [-0.3, -0.25) is 0 Å². The highest BCUT2D eigenvalue weighted by Crippen LogP contribution is 2.55. The van der Waals surface area contributed by atoms with Crippen LogP contribution in [0.2, 0.25) is 0 Å². The van der Waals surface area contributed by atoms with Crippen LogP contribution in [-0.2, 0) is 5.41 Å². The fraction of sp³-hybridized carbons (Fsp3) is 0.0652. The van der Waals surface area contributed by atoms with E-state index in [0.717, 1.165) is 10.5 Å². The number of para-hydroxylation sites is 1. The molecule has 0 saturated carbocycles. The first-order chi connectivity index (χ1) is 23.6. The Hall–Kier alpha value is -5.57. The predicted octanol–water partition coefficient (Wildman–Crippen LogP) is 13.0. The maximum atomic E-state index is 5.27. The third kappa shape index (κ3) is 3.33. The summed E-state index contributed by atoms with van der Waals surface area (Å²) in [5.74, 6) is 0. The fourth-order valence-corrected chi connectivity index (χ4v) is 9.94. The number of benzene rings is 8. The zero-order valence-corrected chi connectivity index (χ0v) is 27.5. The van der Waals surface area contributed by atoms with Gasteiger partial charge in [0.15, 0.2) is 0 Å². The van der Waals surface area contributed by atoms with E-state index in [1.54, 1.807) is 11.3 Å². The van der Waals surface area contributed by atoms with Gasteiger partial charge in [0.05, 0.1) is 10.2 Å². The lowest BCUT2D eigenvalue weighted by Gasteiger charge is -2.24. The molecule has 224 valence electrons. The van der Waals surface area contributed by atoms with Crippen LogP contribution in [0.5, 0.6) is 0 Å². The molecule has 0 unspecified atom stereocenters. The number of aromatic nitrogens is 1. The fourth-order valence-electron chi connectivity index (χ4n) is 8.90. The number of rotatable bonds is 2. The summed E-state index contributed by atoms with van der Waals surface area (Å²) in [6.07, 6.45) is 0. The summed E-state index contributed by atoms with van der Waals surface area (Å²) in [5, 5.41) is 8.81. The molecule has 8 aromatic carbocycles. The normalized spacial score (nSPS) is 13.8. The van der Waals surface area contributed by atoms with Crippen molar-refractivity contribution in [3.63, 3.8) is 0 Å². The van der Waals surface area contributed by atoms with Crippen molar-refractivity contribution in [2.45, 2.75) is 19.3 Å². The molecule has 0 fully saturated rings. The average molecular weight is 628 g/mol. The standard InChI is InChI=1S/C46H29NS/c1-46(2)38-19-8-7-14-28(38)35-24-36-37(25-39(35)46)43(30-15-5-6-16-32(30)44(36)45-47-40-20-9-10-21-41(40)48-45)34-23-22-33-27-13-4-3-12-26(27)29-17-11-18-31(34)42(29)33/h3-25H,1-2H3. The lowest BCUT2D eigenvalue weighted by atomic mass is 9.79. The lowest BCUT2D eigenvalue weighted by molar-refractivity contribution is 0.661. The molecule has 0 saturated heterocycles. The summed E-state index contributed by atoms with van der Waals surface area (Å²) >= 11 is 1.80. The summed E-state index contributed by atoms with van der Waals surface area (Å²) in [6, 6.07) is 52.0. The first-order valence-corrected chi connectivity index (χ1v) is 17.5. The molecule has 2 aliphatic rings. The second-order valence-corrected chi connectivity index (χ2v) is 14.9. The molecular formula is C46H29NS. The van der Waals surface area contributed by atoms with Gasteiger partial charge in [0, 0.05) is 11.0 Å². The molecule has 0 amide bonds. The van der Waals surface area contributed by atoms with Gasteiger partial charge in [-0.05, 0) is 112 Å². The number of nitrogens with zero attached hydrogens (tertiary/aromatic N) is 1. The molecule has 0 N–H and O–H groups in total. The Morgan fingerprint density at radius 1 is 0.438 bits per heavy atom. The third-order valence-electron chi connectivity index (χ3n) is 11.1.